The zero-order valence-corrected chi connectivity index (χ0v) is 32.4. The molecule has 5 atom stereocenters. The van der Waals surface area contributed by atoms with E-state index in [1.807, 2.05) is 112 Å². The van der Waals surface area contributed by atoms with Crippen molar-refractivity contribution in [2.45, 2.75) is 89.3 Å². The predicted octanol–water partition coefficient (Wildman–Crippen LogP) is 5.67. The number of ether oxygens (including phenoxy) is 4. The Morgan fingerprint density at radius 3 is 1.85 bits per heavy atom. The molecule has 5 rings (SSSR count). The van der Waals surface area contributed by atoms with Crippen LogP contribution >= 0.6 is 0 Å². The number of benzene rings is 4. The van der Waals surface area contributed by atoms with Gasteiger partial charge in [0.25, 0.3) is 8.32 Å². The van der Waals surface area contributed by atoms with Crippen LogP contribution in [0.2, 0.25) is 5.04 Å². The first-order chi connectivity index (χ1) is 24.8. The van der Waals surface area contributed by atoms with Gasteiger partial charge in [-0.25, -0.2) is 4.79 Å². The molecule has 0 aliphatic carbocycles. The molecule has 52 heavy (non-hydrogen) atoms. The summed E-state index contributed by atoms with van der Waals surface area (Å²) in [6.45, 7) is 12.3. The van der Waals surface area contributed by atoms with Crippen molar-refractivity contribution in [3.05, 3.63) is 126 Å². The highest BCUT2D eigenvalue weighted by atomic mass is 28.4. The fraction of sp³-hybridized carbons (Fsp3) is 0.381. The Labute approximate surface area is 309 Å². The first-order valence-electron chi connectivity index (χ1n) is 17.7. The highest BCUT2D eigenvalue weighted by molar-refractivity contribution is 6.99. The average molecular weight is 725 g/mol. The van der Waals surface area contributed by atoms with Crippen LogP contribution in [0.15, 0.2) is 115 Å². The number of hydrogen-bond acceptors (Lipinski definition) is 8. The van der Waals surface area contributed by atoms with Gasteiger partial charge < -0.3 is 28.7 Å². The van der Waals surface area contributed by atoms with Gasteiger partial charge in [0.15, 0.2) is 11.8 Å². The van der Waals surface area contributed by atoms with Gasteiger partial charge in [-0.05, 0) is 59.4 Å². The lowest BCUT2D eigenvalue weighted by Gasteiger charge is -2.45. The van der Waals surface area contributed by atoms with Gasteiger partial charge in [0.2, 0.25) is 5.91 Å². The van der Waals surface area contributed by atoms with Gasteiger partial charge >= 0.3 is 5.97 Å². The lowest BCUT2D eigenvalue weighted by molar-refractivity contribution is -0.154. The van der Waals surface area contributed by atoms with E-state index in [9.17, 15) is 9.59 Å². The topological polar surface area (TPSA) is 104 Å². The summed E-state index contributed by atoms with van der Waals surface area (Å²) >= 11 is 0. The van der Waals surface area contributed by atoms with Gasteiger partial charge in [0.05, 0.1) is 20.3 Å². The average Bonchev–Trinajstić information content (AvgIpc) is 3.47. The van der Waals surface area contributed by atoms with E-state index in [0.29, 0.717) is 12.3 Å². The van der Waals surface area contributed by atoms with Gasteiger partial charge in [0, 0.05) is 6.54 Å². The van der Waals surface area contributed by atoms with Crippen LogP contribution in [-0.4, -0.2) is 64.5 Å². The molecule has 276 valence electrons. The minimum absolute atomic E-state index is 0.361. The molecular weight excluding hydrogens is 673 g/mol. The number of carbonyl (C=O) groups excluding carboxylic acids is 2. The monoisotopic (exact) mass is 724 g/mol. The number of methoxy groups -OCH3 is 2. The largest absolute Gasteiger partial charge is 0.497 e. The van der Waals surface area contributed by atoms with Crippen molar-refractivity contribution in [3.63, 3.8) is 0 Å². The molecule has 9 nitrogen and oxygen atoms in total. The van der Waals surface area contributed by atoms with Crippen molar-refractivity contribution < 1.29 is 33.0 Å². The summed E-state index contributed by atoms with van der Waals surface area (Å²) in [7, 11) is -0.180. The van der Waals surface area contributed by atoms with Crippen LogP contribution in [0.4, 0.5) is 0 Å². The fourth-order valence-corrected chi connectivity index (χ4v) is 11.8. The normalized spacial score (nSPS) is 18.9. The summed E-state index contributed by atoms with van der Waals surface area (Å²) < 4.78 is 30.9. The Morgan fingerprint density at radius 1 is 0.808 bits per heavy atom. The fourth-order valence-electron chi connectivity index (χ4n) is 7.04. The third-order valence-corrected chi connectivity index (χ3v) is 14.7. The summed E-state index contributed by atoms with van der Waals surface area (Å²) in [6, 6.07) is 35.6. The molecule has 1 amide bonds. The van der Waals surface area contributed by atoms with E-state index < -0.39 is 56.4 Å². The molecule has 1 fully saturated rings. The van der Waals surface area contributed by atoms with E-state index >= 15 is 0 Å². The van der Waals surface area contributed by atoms with E-state index in [0.717, 1.165) is 21.5 Å². The Morgan fingerprint density at radius 2 is 1.35 bits per heavy atom. The van der Waals surface area contributed by atoms with E-state index in [1.54, 1.807) is 7.11 Å². The molecule has 10 heteroatoms. The van der Waals surface area contributed by atoms with Gasteiger partial charge in [-0.3, -0.25) is 10.1 Å². The molecular formula is C42H52N2O7Si. The molecule has 2 N–H and O–H groups in total. The summed E-state index contributed by atoms with van der Waals surface area (Å²) in [4.78, 5) is 28.4. The zero-order chi connectivity index (χ0) is 37.5. The van der Waals surface area contributed by atoms with Crippen LogP contribution in [0.3, 0.4) is 0 Å². The summed E-state index contributed by atoms with van der Waals surface area (Å²) in [5.74, 6) is -1.36. The lowest BCUT2D eigenvalue weighted by Crippen LogP contribution is -2.69. The number of esters is 1. The van der Waals surface area contributed by atoms with Crippen LogP contribution in [0.1, 0.15) is 58.8 Å². The summed E-state index contributed by atoms with van der Waals surface area (Å²) in [5.41, 5.74) is 1.80. The standard InChI is InChI=1S/C42H52N2O7Si/c1-29(51-52(41(2,3)4,33-20-14-10-15-21-33)34-22-16-11-17-23-34)35(40(46)48-8)44-39(45)36(43-28-30-18-12-9-13-19-30)38-37(49-42(5,6)50-38)31-24-26-32(47-7)27-25-31/h9-27,29,35-38,43H,28H2,1-8H3,(H,44,45)/t29-,35+,36+,37+,38+/m1/s1. The van der Waals surface area contributed by atoms with Gasteiger partial charge in [-0.1, -0.05) is 124 Å². The van der Waals surface area contributed by atoms with Crippen molar-refractivity contribution >= 4 is 30.6 Å². The van der Waals surface area contributed by atoms with Crippen LogP contribution < -0.4 is 25.7 Å². The highest BCUT2D eigenvalue weighted by Gasteiger charge is 2.53. The minimum Gasteiger partial charge on any atom is -0.497 e. The quantitative estimate of drug-likeness (QED) is 0.127. The summed E-state index contributed by atoms with van der Waals surface area (Å²) in [6.07, 6.45) is -2.16. The number of amides is 1. The van der Waals surface area contributed by atoms with Crippen LogP contribution in [-0.2, 0) is 34.8 Å². The molecule has 0 bridgehead atoms. The minimum atomic E-state index is -3.11. The van der Waals surface area contributed by atoms with Crippen molar-refractivity contribution in [1.29, 1.82) is 0 Å². The molecule has 0 radical (unpaired) electrons. The maximum absolute atomic E-state index is 14.7. The second-order valence-corrected chi connectivity index (χ2v) is 18.9. The molecule has 0 spiro atoms. The Balaban J connectivity index is 1.52. The molecule has 0 saturated carbocycles. The third-order valence-electron chi connectivity index (χ3n) is 9.56. The Hall–Kier alpha value is -4.32. The van der Waals surface area contributed by atoms with Crippen molar-refractivity contribution in [3.8, 4) is 5.75 Å². The van der Waals surface area contributed by atoms with E-state index in [4.69, 9.17) is 23.4 Å². The number of hydrogen-bond donors (Lipinski definition) is 2. The Kier molecular flexibility index (Phi) is 12.4. The maximum atomic E-state index is 14.7. The van der Waals surface area contributed by atoms with Gasteiger partial charge in [0.1, 0.15) is 24.0 Å². The molecule has 1 aliphatic heterocycles. The number of rotatable bonds is 14. The second kappa shape index (κ2) is 16.6. The highest BCUT2D eigenvalue weighted by Crippen LogP contribution is 2.41. The van der Waals surface area contributed by atoms with E-state index in [-0.39, 0.29) is 5.04 Å². The lowest BCUT2D eigenvalue weighted by atomic mass is 9.97. The number of carbonyl (C=O) groups is 2. The third kappa shape index (κ3) is 8.65. The van der Waals surface area contributed by atoms with Crippen LogP contribution in [0.5, 0.6) is 5.75 Å². The Bertz CT molecular complexity index is 1710. The van der Waals surface area contributed by atoms with Gasteiger partial charge in [-0.15, -0.1) is 0 Å². The molecule has 4 aromatic carbocycles. The smallest absolute Gasteiger partial charge is 0.331 e. The first-order valence-corrected chi connectivity index (χ1v) is 19.6. The molecule has 1 heterocycles. The summed E-state index contributed by atoms with van der Waals surface area (Å²) in [5, 5.41) is 8.23. The SMILES string of the molecule is COC(=O)[C@@H](NC(=O)[C@@H](NCc1ccccc1)[C@@H]1OC(C)(C)O[C@H]1c1ccc(OC)cc1)[C@@H](C)O[Si](c1ccccc1)(c1ccccc1)C(C)(C)C. The first kappa shape index (κ1) is 38.9. The molecule has 0 aromatic heterocycles. The number of nitrogens with one attached hydrogen (secondary N) is 2. The van der Waals surface area contributed by atoms with Crippen molar-refractivity contribution in [2.24, 2.45) is 0 Å². The van der Waals surface area contributed by atoms with Crippen LogP contribution in [0.25, 0.3) is 0 Å². The predicted molar refractivity (Wildman–Crippen MR) is 205 cm³/mol. The van der Waals surface area contributed by atoms with Crippen LogP contribution in [0, 0.1) is 0 Å². The molecule has 1 saturated heterocycles. The van der Waals surface area contributed by atoms with Crippen molar-refractivity contribution in [1.82, 2.24) is 10.6 Å². The molecule has 1 aliphatic rings. The molecule has 0 unspecified atom stereocenters. The van der Waals surface area contributed by atoms with Gasteiger partial charge in [-0.2, -0.15) is 0 Å². The van der Waals surface area contributed by atoms with E-state index in [2.05, 4.69) is 55.7 Å². The molecule has 4 aromatic rings. The van der Waals surface area contributed by atoms with Crippen molar-refractivity contribution in [2.75, 3.05) is 14.2 Å². The maximum Gasteiger partial charge on any atom is 0.331 e. The van der Waals surface area contributed by atoms with E-state index in [1.165, 1.54) is 7.11 Å². The zero-order valence-electron chi connectivity index (χ0n) is 31.4. The second-order valence-electron chi connectivity index (χ2n) is 14.6.